The molecule has 0 saturated heterocycles. The largest absolute Gasteiger partial charge is 0.486 e. The van der Waals surface area contributed by atoms with Crippen LogP contribution in [0.2, 0.25) is 0 Å². The molecular formula is C15H14N2O3S. The van der Waals surface area contributed by atoms with E-state index in [2.05, 4.69) is 10.5 Å². The van der Waals surface area contributed by atoms with Crippen molar-refractivity contribution in [1.29, 1.82) is 0 Å². The van der Waals surface area contributed by atoms with Gasteiger partial charge in [0.05, 0.1) is 12.6 Å². The molecule has 108 valence electrons. The van der Waals surface area contributed by atoms with Gasteiger partial charge in [0.2, 0.25) is 5.91 Å². The van der Waals surface area contributed by atoms with Crippen LogP contribution >= 0.6 is 11.3 Å². The predicted octanol–water partition coefficient (Wildman–Crippen LogP) is 2.21. The van der Waals surface area contributed by atoms with Gasteiger partial charge in [-0.3, -0.25) is 4.79 Å². The third kappa shape index (κ3) is 3.61. The monoisotopic (exact) mass is 302 g/mol. The van der Waals surface area contributed by atoms with Crippen molar-refractivity contribution in [3.8, 4) is 11.5 Å². The second-order valence-corrected chi connectivity index (χ2v) is 5.44. The van der Waals surface area contributed by atoms with Crippen molar-refractivity contribution in [1.82, 2.24) is 5.43 Å². The highest BCUT2D eigenvalue weighted by Crippen LogP contribution is 2.30. The summed E-state index contributed by atoms with van der Waals surface area (Å²) < 4.78 is 10.9. The number of ether oxygens (including phenoxy) is 2. The van der Waals surface area contributed by atoms with E-state index in [-0.39, 0.29) is 12.3 Å². The lowest BCUT2D eigenvalue weighted by molar-refractivity contribution is -0.120. The van der Waals surface area contributed by atoms with Crippen molar-refractivity contribution < 1.29 is 14.3 Å². The summed E-state index contributed by atoms with van der Waals surface area (Å²) in [5, 5.41) is 5.88. The highest BCUT2D eigenvalue weighted by Gasteiger charge is 2.12. The molecule has 0 bridgehead atoms. The van der Waals surface area contributed by atoms with E-state index >= 15 is 0 Å². The van der Waals surface area contributed by atoms with Crippen molar-refractivity contribution >= 4 is 23.5 Å². The highest BCUT2D eigenvalue weighted by molar-refractivity contribution is 7.11. The van der Waals surface area contributed by atoms with Crippen LogP contribution in [0.4, 0.5) is 0 Å². The summed E-state index contributed by atoms with van der Waals surface area (Å²) in [5.74, 6) is 1.24. The molecule has 3 rings (SSSR count). The van der Waals surface area contributed by atoms with E-state index in [9.17, 15) is 4.79 Å². The lowest BCUT2D eigenvalue weighted by atomic mass is 10.1. The molecule has 0 atom stereocenters. The molecule has 1 aromatic carbocycles. The Kier molecular flexibility index (Phi) is 4.16. The minimum absolute atomic E-state index is 0.167. The van der Waals surface area contributed by atoms with Gasteiger partial charge in [-0.1, -0.05) is 12.1 Å². The van der Waals surface area contributed by atoms with Crippen LogP contribution < -0.4 is 14.9 Å². The summed E-state index contributed by atoms with van der Waals surface area (Å²) in [4.78, 5) is 12.8. The summed E-state index contributed by atoms with van der Waals surface area (Å²) in [6.07, 6.45) is 1.88. The Hall–Kier alpha value is -2.34. The van der Waals surface area contributed by atoms with Crippen LogP contribution in [0.25, 0.3) is 0 Å². The van der Waals surface area contributed by atoms with Crippen LogP contribution in [-0.2, 0) is 11.2 Å². The zero-order valence-electron chi connectivity index (χ0n) is 11.2. The summed E-state index contributed by atoms with van der Waals surface area (Å²) in [6.45, 7) is 1.10. The maximum atomic E-state index is 11.8. The summed E-state index contributed by atoms with van der Waals surface area (Å²) in [6, 6.07) is 9.38. The van der Waals surface area contributed by atoms with Crippen LogP contribution in [0.3, 0.4) is 0 Å². The van der Waals surface area contributed by atoms with Crippen molar-refractivity contribution in [3.63, 3.8) is 0 Å². The third-order valence-corrected chi connectivity index (χ3v) is 3.70. The first-order chi connectivity index (χ1) is 10.3. The van der Waals surface area contributed by atoms with Gasteiger partial charge in [-0.2, -0.15) is 5.10 Å². The van der Waals surface area contributed by atoms with Gasteiger partial charge in [0.1, 0.15) is 13.2 Å². The van der Waals surface area contributed by atoms with E-state index in [0.717, 1.165) is 16.2 Å². The molecule has 1 aliphatic rings. The molecule has 0 radical (unpaired) electrons. The van der Waals surface area contributed by atoms with Crippen LogP contribution in [0.15, 0.2) is 40.8 Å². The van der Waals surface area contributed by atoms with Gasteiger partial charge in [0, 0.05) is 4.88 Å². The molecule has 1 aromatic heterocycles. The van der Waals surface area contributed by atoms with Gasteiger partial charge < -0.3 is 9.47 Å². The van der Waals surface area contributed by atoms with E-state index in [1.54, 1.807) is 17.6 Å². The van der Waals surface area contributed by atoms with Crippen molar-refractivity contribution in [3.05, 3.63) is 46.2 Å². The predicted molar refractivity (Wildman–Crippen MR) is 81.2 cm³/mol. The Bertz CT molecular complexity index is 653. The second-order valence-electron chi connectivity index (χ2n) is 4.46. The standard InChI is InChI=1S/C15H14N2O3S/c18-15(17-16-10-12-2-1-7-21-12)9-11-3-4-13-14(8-11)20-6-5-19-13/h1-4,7-8,10H,5-6,9H2,(H,17,18). The number of amides is 1. The van der Waals surface area contributed by atoms with Gasteiger partial charge >= 0.3 is 0 Å². The Balaban J connectivity index is 1.57. The van der Waals surface area contributed by atoms with Gasteiger partial charge in [-0.15, -0.1) is 11.3 Å². The maximum Gasteiger partial charge on any atom is 0.244 e. The highest BCUT2D eigenvalue weighted by atomic mass is 32.1. The number of hydrazone groups is 1. The number of nitrogens with one attached hydrogen (secondary N) is 1. The molecule has 6 heteroatoms. The molecule has 0 aliphatic carbocycles. The van der Waals surface area contributed by atoms with E-state index in [4.69, 9.17) is 9.47 Å². The van der Waals surface area contributed by atoms with Crippen LogP contribution in [-0.4, -0.2) is 25.3 Å². The fraction of sp³-hybridized carbons (Fsp3) is 0.200. The average Bonchev–Trinajstić information content (AvgIpc) is 3.00. The normalized spacial score (nSPS) is 13.3. The van der Waals surface area contributed by atoms with Crippen LogP contribution in [0.5, 0.6) is 11.5 Å². The van der Waals surface area contributed by atoms with E-state index in [1.165, 1.54) is 0 Å². The summed E-state index contributed by atoms with van der Waals surface area (Å²) in [7, 11) is 0. The molecule has 0 fully saturated rings. The van der Waals surface area contributed by atoms with Crippen LogP contribution in [0, 0.1) is 0 Å². The molecule has 1 aliphatic heterocycles. The minimum atomic E-state index is -0.167. The maximum absolute atomic E-state index is 11.8. The molecule has 5 nitrogen and oxygen atoms in total. The van der Waals surface area contributed by atoms with Gasteiger partial charge in [-0.05, 0) is 29.1 Å². The number of hydrogen-bond acceptors (Lipinski definition) is 5. The molecular weight excluding hydrogens is 288 g/mol. The SMILES string of the molecule is O=C(Cc1ccc2c(c1)OCCO2)NN=Cc1cccs1. The van der Waals surface area contributed by atoms with Gasteiger partial charge in [0.15, 0.2) is 11.5 Å². The smallest absolute Gasteiger partial charge is 0.244 e. The fourth-order valence-electron chi connectivity index (χ4n) is 1.96. The first-order valence-electron chi connectivity index (χ1n) is 6.55. The third-order valence-electron chi connectivity index (χ3n) is 2.90. The first kappa shape index (κ1) is 13.6. The van der Waals surface area contributed by atoms with E-state index < -0.39 is 0 Å². The quantitative estimate of drug-likeness (QED) is 0.696. The molecule has 0 spiro atoms. The molecule has 21 heavy (non-hydrogen) atoms. The Morgan fingerprint density at radius 2 is 2.14 bits per heavy atom. The molecule has 1 amide bonds. The first-order valence-corrected chi connectivity index (χ1v) is 7.43. The number of rotatable bonds is 4. The number of thiophene rings is 1. The average molecular weight is 302 g/mol. The number of benzene rings is 1. The van der Waals surface area contributed by atoms with Gasteiger partial charge in [0.25, 0.3) is 0 Å². The number of nitrogens with zero attached hydrogens (tertiary/aromatic N) is 1. The van der Waals surface area contributed by atoms with Crippen molar-refractivity contribution in [2.24, 2.45) is 5.10 Å². The summed E-state index contributed by atoms with van der Waals surface area (Å²) in [5.41, 5.74) is 3.38. The molecule has 0 unspecified atom stereocenters. The fourth-order valence-corrected chi connectivity index (χ4v) is 2.54. The second kappa shape index (κ2) is 6.41. The molecule has 0 saturated carbocycles. The number of carbonyl (C=O) groups excluding carboxylic acids is 1. The Morgan fingerprint density at radius 1 is 1.29 bits per heavy atom. The molecule has 2 heterocycles. The minimum Gasteiger partial charge on any atom is -0.486 e. The molecule has 1 N–H and O–H groups in total. The zero-order chi connectivity index (χ0) is 14.5. The Morgan fingerprint density at radius 3 is 2.95 bits per heavy atom. The lowest BCUT2D eigenvalue weighted by Crippen LogP contribution is -2.20. The lowest BCUT2D eigenvalue weighted by Gasteiger charge is -2.18. The zero-order valence-corrected chi connectivity index (χ0v) is 12.1. The topological polar surface area (TPSA) is 59.9 Å². The van der Waals surface area contributed by atoms with Crippen molar-refractivity contribution in [2.45, 2.75) is 6.42 Å². The number of hydrogen-bond donors (Lipinski definition) is 1. The number of carbonyl (C=O) groups is 1. The summed E-state index contributed by atoms with van der Waals surface area (Å²) >= 11 is 1.56. The van der Waals surface area contributed by atoms with Gasteiger partial charge in [-0.25, -0.2) is 5.43 Å². The van der Waals surface area contributed by atoms with Crippen molar-refractivity contribution in [2.75, 3.05) is 13.2 Å². The number of fused-ring (bicyclic) bond motifs is 1. The van der Waals surface area contributed by atoms with E-state index in [1.807, 2.05) is 35.7 Å². The van der Waals surface area contributed by atoms with E-state index in [0.29, 0.717) is 19.0 Å². The molecule has 2 aromatic rings. The van der Waals surface area contributed by atoms with Crippen LogP contribution in [0.1, 0.15) is 10.4 Å². The Labute approximate surface area is 126 Å².